The van der Waals surface area contributed by atoms with E-state index in [9.17, 15) is 4.79 Å². The van der Waals surface area contributed by atoms with Crippen molar-refractivity contribution in [3.8, 4) is 33.9 Å². The maximum absolute atomic E-state index is 12.3. The Kier molecular flexibility index (Phi) is 5.03. The summed E-state index contributed by atoms with van der Waals surface area (Å²) in [4.78, 5) is 20.7. The number of pyridine rings is 2. The maximum atomic E-state index is 12.3. The lowest BCUT2D eigenvalue weighted by Crippen LogP contribution is -2.17. The van der Waals surface area contributed by atoms with E-state index < -0.39 is 0 Å². The number of hydrogen-bond acceptors (Lipinski definition) is 5. The molecule has 1 amide bonds. The lowest BCUT2D eigenvalue weighted by Gasteiger charge is -2.12. The number of rotatable bonds is 5. The minimum atomic E-state index is -0.198. The average molecular weight is 385 g/mol. The molecule has 3 heterocycles. The van der Waals surface area contributed by atoms with Gasteiger partial charge in [-0.15, -0.1) is 0 Å². The summed E-state index contributed by atoms with van der Waals surface area (Å²) < 4.78 is 7.84. The van der Waals surface area contributed by atoms with Crippen LogP contribution in [0.25, 0.3) is 22.3 Å². The van der Waals surface area contributed by atoms with Crippen molar-refractivity contribution in [3.05, 3.63) is 79.0 Å². The number of hydrogen-bond donors (Lipinski definition) is 1. The molecule has 1 aromatic carbocycles. The van der Waals surface area contributed by atoms with E-state index in [0.29, 0.717) is 17.2 Å². The van der Waals surface area contributed by atoms with Gasteiger partial charge in [-0.05, 0) is 53.6 Å². The van der Waals surface area contributed by atoms with Gasteiger partial charge in [-0.25, -0.2) is 4.98 Å². The van der Waals surface area contributed by atoms with Crippen molar-refractivity contribution in [3.63, 3.8) is 0 Å². The molecular weight excluding hydrogens is 366 g/mol. The molecule has 0 atom stereocenters. The lowest BCUT2D eigenvalue weighted by atomic mass is 10.0. The Balaban J connectivity index is 1.77. The van der Waals surface area contributed by atoms with E-state index in [2.05, 4.69) is 20.4 Å². The smallest absolute Gasteiger partial charge is 0.251 e. The van der Waals surface area contributed by atoms with Gasteiger partial charge in [0.2, 0.25) is 5.88 Å². The van der Waals surface area contributed by atoms with Gasteiger partial charge >= 0.3 is 0 Å². The Morgan fingerprint density at radius 1 is 1.03 bits per heavy atom. The van der Waals surface area contributed by atoms with Gasteiger partial charge < -0.3 is 10.1 Å². The van der Waals surface area contributed by atoms with Gasteiger partial charge in [0.1, 0.15) is 5.75 Å². The van der Waals surface area contributed by atoms with Crippen molar-refractivity contribution in [2.75, 3.05) is 7.05 Å². The van der Waals surface area contributed by atoms with Crippen LogP contribution in [0, 0.1) is 0 Å². The summed E-state index contributed by atoms with van der Waals surface area (Å²) in [7, 11) is 3.44. The van der Waals surface area contributed by atoms with Crippen LogP contribution in [-0.4, -0.2) is 32.7 Å². The van der Waals surface area contributed by atoms with Crippen LogP contribution in [0.2, 0.25) is 0 Å². The zero-order chi connectivity index (χ0) is 20.2. The van der Waals surface area contributed by atoms with Crippen molar-refractivity contribution in [2.45, 2.75) is 0 Å². The van der Waals surface area contributed by atoms with Crippen LogP contribution >= 0.6 is 0 Å². The van der Waals surface area contributed by atoms with Gasteiger partial charge in [0, 0.05) is 55.6 Å². The number of amides is 1. The first kappa shape index (κ1) is 18.4. The van der Waals surface area contributed by atoms with E-state index in [-0.39, 0.29) is 5.91 Å². The Morgan fingerprint density at radius 3 is 2.59 bits per heavy atom. The molecule has 7 nitrogen and oxygen atoms in total. The van der Waals surface area contributed by atoms with Crippen molar-refractivity contribution in [1.82, 2.24) is 25.1 Å². The highest BCUT2D eigenvalue weighted by Gasteiger charge is 2.14. The predicted octanol–water partition coefficient (Wildman–Crippen LogP) is 3.70. The van der Waals surface area contributed by atoms with Crippen molar-refractivity contribution >= 4 is 5.91 Å². The molecule has 29 heavy (non-hydrogen) atoms. The van der Waals surface area contributed by atoms with Crippen LogP contribution in [0.4, 0.5) is 0 Å². The van der Waals surface area contributed by atoms with Crippen molar-refractivity contribution in [2.24, 2.45) is 7.05 Å². The monoisotopic (exact) mass is 385 g/mol. The molecule has 4 rings (SSSR count). The molecule has 0 aliphatic carbocycles. The number of aryl methyl sites for hydroxylation is 1. The Labute approximate surface area is 168 Å². The highest BCUT2D eigenvalue weighted by Crippen LogP contribution is 2.33. The number of ether oxygens (including phenoxy) is 1. The molecule has 0 bridgehead atoms. The van der Waals surface area contributed by atoms with Crippen LogP contribution in [0.15, 0.2) is 73.4 Å². The summed E-state index contributed by atoms with van der Waals surface area (Å²) in [5, 5.41) is 6.87. The van der Waals surface area contributed by atoms with E-state index in [1.54, 1.807) is 42.6 Å². The number of carbonyl (C=O) groups excluding carboxylic acids is 1. The maximum Gasteiger partial charge on any atom is 0.251 e. The Morgan fingerprint density at radius 2 is 1.86 bits per heavy atom. The molecule has 0 radical (unpaired) electrons. The van der Waals surface area contributed by atoms with Crippen LogP contribution in [-0.2, 0) is 7.05 Å². The molecule has 0 saturated carbocycles. The molecule has 0 fully saturated rings. The van der Waals surface area contributed by atoms with Crippen LogP contribution < -0.4 is 10.1 Å². The summed E-state index contributed by atoms with van der Waals surface area (Å²) in [6.07, 6.45) is 8.74. The molecule has 3 aromatic heterocycles. The molecule has 144 valence electrons. The molecule has 0 unspecified atom stereocenters. The number of aromatic nitrogens is 4. The molecule has 0 aliphatic rings. The fraction of sp³-hybridized carbons (Fsp3) is 0.0909. The number of carbonyl (C=O) groups is 1. The van der Waals surface area contributed by atoms with Gasteiger partial charge in [-0.2, -0.15) is 5.10 Å². The Bertz CT molecular complexity index is 1150. The molecule has 0 spiro atoms. The van der Waals surface area contributed by atoms with Crippen LogP contribution in [0.5, 0.6) is 11.6 Å². The third kappa shape index (κ3) is 3.98. The van der Waals surface area contributed by atoms with Gasteiger partial charge in [0.05, 0.1) is 6.20 Å². The highest BCUT2D eigenvalue weighted by atomic mass is 16.5. The quantitative estimate of drug-likeness (QED) is 0.566. The first-order valence-electron chi connectivity index (χ1n) is 9.03. The first-order chi connectivity index (χ1) is 14.1. The van der Waals surface area contributed by atoms with Gasteiger partial charge in [0.15, 0.2) is 0 Å². The van der Waals surface area contributed by atoms with E-state index in [0.717, 1.165) is 22.3 Å². The Hall–Kier alpha value is -4.00. The second kappa shape index (κ2) is 7.93. The topological polar surface area (TPSA) is 81.9 Å². The standard InChI is InChI=1S/C22H19N5O2/c1-23-21(28)17-10-16(18-13-26-27(2)14-18)11-19(12-17)29-22-20(4-3-7-25-22)15-5-8-24-9-6-15/h3-14H,1-2H3,(H,23,28). The van der Waals surface area contributed by atoms with Gasteiger partial charge in [0.25, 0.3) is 5.91 Å². The summed E-state index contributed by atoms with van der Waals surface area (Å²) in [5.41, 5.74) is 3.99. The van der Waals surface area contributed by atoms with E-state index in [4.69, 9.17) is 4.74 Å². The van der Waals surface area contributed by atoms with Gasteiger partial charge in [-0.3, -0.25) is 14.5 Å². The van der Waals surface area contributed by atoms with E-state index in [1.165, 1.54) is 0 Å². The van der Waals surface area contributed by atoms with Crippen molar-refractivity contribution < 1.29 is 9.53 Å². The number of nitrogens with zero attached hydrogens (tertiary/aromatic N) is 4. The zero-order valence-corrected chi connectivity index (χ0v) is 16.0. The third-order valence-electron chi connectivity index (χ3n) is 4.41. The fourth-order valence-corrected chi connectivity index (χ4v) is 3.01. The molecule has 1 N–H and O–H groups in total. The van der Waals surface area contributed by atoms with Crippen LogP contribution in [0.3, 0.4) is 0 Å². The number of nitrogens with one attached hydrogen (secondary N) is 1. The van der Waals surface area contributed by atoms with Crippen molar-refractivity contribution in [1.29, 1.82) is 0 Å². The fourth-order valence-electron chi connectivity index (χ4n) is 3.01. The highest BCUT2D eigenvalue weighted by molar-refractivity contribution is 5.95. The molecule has 0 saturated heterocycles. The summed E-state index contributed by atoms with van der Waals surface area (Å²) >= 11 is 0. The average Bonchev–Trinajstić information content (AvgIpc) is 3.20. The minimum absolute atomic E-state index is 0.198. The second-order valence-corrected chi connectivity index (χ2v) is 6.42. The molecule has 0 aliphatic heterocycles. The largest absolute Gasteiger partial charge is 0.438 e. The molecule has 7 heteroatoms. The molecule has 4 aromatic rings. The zero-order valence-electron chi connectivity index (χ0n) is 16.0. The van der Waals surface area contributed by atoms with E-state index >= 15 is 0 Å². The summed E-state index contributed by atoms with van der Waals surface area (Å²) in [5.74, 6) is 0.764. The first-order valence-corrected chi connectivity index (χ1v) is 9.03. The lowest BCUT2D eigenvalue weighted by molar-refractivity contribution is 0.0963. The SMILES string of the molecule is CNC(=O)c1cc(Oc2ncccc2-c2ccncc2)cc(-c2cnn(C)c2)c1. The van der Waals surface area contributed by atoms with Crippen LogP contribution in [0.1, 0.15) is 10.4 Å². The van der Waals surface area contributed by atoms with E-state index in [1.807, 2.05) is 49.6 Å². The summed E-state index contributed by atoms with van der Waals surface area (Å²) in [6.45, 7) is 0. The minimum Gasteiger partial charge on any atom is -0.438 e. The number of benzene rings is 1. The second-order valence-electron chi connectivity index (χ2n) is 6.42. The summed E-state index contributed by atoms with van der Waals surface area (Å²) in [6, 6.07) is 13.0. The molecular formula is C22H19N5O2. The normalized spacial score (nSPS) is 10.6. The van der Waals surface area contributed by atoms with Gasteiger partial charge in [-0.1, -0.05) is 0 Å². The predicted molar refractivity (Wildman–Crippen MR) is 110 cm³/mol. The third-order valence-corrected chi connectivity index (χ3v) is 4.41.